The Labute approximate surface area is 144 Å². The van der Waals surface area contributed by atoms with Crippen molar-refractivity contribution in [2.24, 2.45) is 0 Å². The highest BCUT2D eigenvalue weighted by Crippen LogP contribution is 2.34. The molecule has 0 saturated carbocycles. The Morgan fingerprint density at radius 1 is 0.429 bits per heavy atom. The second kappa shape index (κ2) is 11.6. The molecule has 0 heterocycles. The quantitative estimate of drug-likeness (QED) is 0.345. The minimum absolute atomic E-state index is 0.0214. The summed E-state index contributed by atoms with van der Waals surface area (Å²) in [5.41, 5.74) is 0. The van der Waals surface area contributed by atoms with E-state index in [0.29, 0.717) is 0 Å². The van der Waals surface area contributed by atoms with Crippen LogP contribution in [0.3, 0.4) is 0 Å². The van der Waals surface area contributed by atoms with Crippen LogP contribution in [0.1, 0.15) is 0 Å². The fourth-order valence-electron chi connectivity index (χ4n) is 2.81. The van der Waals surface area contributed by atoms with Crippen LogP contribution in [-0.2, 0) is 0 Å². The first-order chi connectivity index (χ1) is 9.67. The van der Waals surface area contributed by atoms with Crippen molar-refractivity contribution in [3.63, 3.8) is 0 Å². The molecular formula is C16H40Si5. The summed E-state index contributed by atoms with van der Waals surface area (Å²) in [6, 6.07) is 13.2. The van der Waals surface area contributed by atoms with Gasteiger partial charge in [0.25, 0.3) is 0 Å². The Morgan fingerprint density at radius 2 is 0.619 bits per heavy atom. The lowest BCUT2D eigenvalue weighted by molar-refractivity contribution is 1.08. The summed E-state index contributed by atoms with van der Waals surface area (Å²) in [7, 11) is -1.03. The molecule has 0 amide bonds. The van der Waals surface area contributed by atoms with Gasteiger partial charge in [0.15, 0.2) is 0 Å². The van der Waals surface area contributed by atoms with Crippen LogP contribution in [0.25, 0.3) is 0 Å². The van der Waals surface area contributed by atoms with E-state index in [1.807, 2.05) is 0 Å². The van der Waals surface area contributed by atoms with E-state index >= 15 is 0 Å². The van der Waals surface area contributed by atoms with Gasteiger partial charge in [-0.2, -0.15) is 0 Å². The van der Waals surface area contributed by atoms with Crippen molar-refractivity contribution >= 4 is 43.3 Å². The van der Waals surface area contributed by atoms with Crippen LogP contribution >= 0.6 is 0 Å². The zero-order valence-electron chi connectivity index (χ0n) is 16.2. The van der Waals surface area contributed by atoms with Crippen LogP contribution in [0.15, 0.2) is 0 Å². The van der Waals surface area contributed by atoms with E-state index in [1.165, 1.54) is 0 Å². The fraction of sp³-hybridized carbons (Fsp3) is 1.00. The summed E-state index contributed by atoms with van der Waals surface area (Å²) in [6.07, 6.45) is 0. The van der Waals surface area contributed by atoms with Gasteiger partial charge < -0.3 is 0 Å². The molecule has 5 heteroatoms. The smallest absolute Gasteiger partial charge is 0.0524 e. The predicted molar refractivity (Wildman–Crippen MR) is 114 cm³/mol. The molecule has 0 aliphatic rings. The maximum Gasteiger partial charge on any atom is 0.0524 e. The van der Waals surface area contributed by atoms with Gasteiger partial charge in [-0.25, -0.2) is 0 Å². The second-order valence-electron chi connectivity index (χ2n) is 8.33. The van der Waals surface area contributed by atoms with Gasteiger partial charge in [-0.15, -0.1) is 0 Å². The zero-order chi connectivity index (χ0) is 16.5. The molecule has 0 fully saturated rings. The highest BCUT2D eigenvalue weighted by molar-refractivity contribution is 6.83. The van der Waals surface area contributed by atoms with Crippen LogP contribution < -0.4 is 0 Å². The Morgan fingerprint density at radius 3 is 0.762 bits per heavy atom. The van der Waals surface area contributed by atoms with Crippen LogP contribution in [0, 0.1) is 0 Å². The normalized spacial score (nSPS) is 13.1. The van der Waals surface area contributed by atoms with Gasteiger partial charge in [0.2, 0.25) is 0 Å². The van der Waals surface area contributed by atoms with Crippen molar-refractivity contribution in [2.75, 3.05) is 0 Å². The fourth-order valence-corrected chi connectivity index (χ4v) is 20.8. The molecular weight excluding hydrogens is 333 g/mol. The van der Waals surface area contributed by atoms with Gasteiger partial charge >= 0.3 is 0 Å². The van der Waals surface area contributed by atoms with Crippen molar-refractivity contribution in [3.05, 3.63) is 0 Å². The molecule has 124 valence electrons. The van der Waals surface area contributed by atoms with E-state index in [1.54, 1.807) is 48.4 Å². The SMILES string of the molecule is C[Si](C)CC[Si](CC[Si](C)C)(CC[Si](C)C)CC[Si](C)C. The minimum Gasteiger partial charge on any atom is -0.0713 e. The summed E-state index contributed by atoms with van der Waals surface area (Å²) >= 11 is 0. The standard InChI is InChI=1S/C16H40Si5/c1-17(2)9-13-21(14-10-18(3)4,15-11-19(5)6)16-12-20(7)8/h9-16H2,1-8H3. The van der Waals surface area contributed by atoms with Gasteiger partial charge in [-0.05, 0) is 0 Å². The predicted octanol–water partition coefficient (Wildman–Crippen LogP) is 6.45. The van der Waals surface area contributed by atoms with E-state index in [4.69, 9.17) is 0 Å². The molecule has 0 saturated heterocycles. The third-order valence-corrected chi connectivity index (χ3v) is 16.9. The van der Waals surface area contributed by atoms with Crippen LogP contribution in [0.2, 0.25) is 101 Å². The molecule has 0 atom stereocenters. The monoisotopic (exact) mass is 372 g/mol. The summed E-state index contributed by atoms with van der Waals surface area (Å²) in [6.45, 7) is 20.2. The maximum atomic E-state index is 2.53. The molecule has 0 aromatic rings. The molecule has 0 aliphatic heterocycles. The molecule has 0 aromatic heterocycles. The molecule has 0 rings (SSSR count). The molecule has 0 spiro atoms. The molecule has 0 N–H and O–H groups in total. The first kappa shape index (κ1) is 22.1. The van der Waals surface area contributed by atoms with Gasteiger partial charge in [0, 0.05) is 35.2 Å². The minimum atomic E-state index is -0.945. The van der Waals surface area contributed by atoms with Gasteiger partial charge in [-0.1, -0.05) is 101 Å². The Hall–Kier alpha value is 1.08. The van der Waals surface area contributed by atoms with E-state index in [0.717, 1.165) is 0 Å². The van der Waals surface area contributed by atoms with Crippen molar-refractivity contribution < 1.29 is 0 Å². The lowest BCUT2D eigenvalue weighted by Gasteiger charge is -2.34. The van der Waals surface area contributed by atoms with Gasteiger partial charge in [-0.3, -0.25) is 0 Å². The second-order valence-corrected chi connectivity index (χ2v) is 25.0. The highest BCUT2D eigenvalue weighted by Gasteiger charge is 2.32. The first-order valence-corrected chi connectivity index (χ1v) is 22.5. The Kier molecular flexibility index (Phi) is 12.2. The molecule has 0 aromatic carbocycles. The number of hydrogen-bond donors (Lipinski definition) is 0. The van der Waals surface area contributed by atoms with Crippen molar-refractivity contribution in [3.8, 4) is 0 Å². The van der Waals surface area contributed by atoms with Crippen LogP contribution in [-0.4, -0.2) is 43.3 Å². The van der Waals surface area contributed by atoms with E-state index < -0.39 is 8.07 Å². The third-order valence-electron chi connectivity index (χ3n) is 4.62. The first-order valence-electron chi connectivity index (χ1n) is 8.83. The van der Waals surface area contributed by atoms with E-state index in [2.05, 4.69) is 52.4 Å². The molecule has 4 radical (unpaired) electrons. The molecule has 0 bridgehead atoms. The number of hydrogen-bond acceptors (Lipinski definition) is 0. The summed E-state index contributed by atoms with van der Waals surface area (Å²) in [4.78, 5) is 0. The summed E-state index contributed by atoms with van der Waals surface area (Å²) < 4.78 is 0. The van der Waals surface area contributed by atoms with Crippen molar-refractivity contribution in [1.82, 2.24) is 0 Å². The Bertz CT molecular complexity index is 198. The van der Waals surface area contributed by atoms with E-state index in [9.17, 15) is 0 Å². The lowest BCUT2D eigenvalue weighted by Crippen LogP contribution is -2.37. The average molecular weight is 373 g/mol. The lowest BCUT2D eigenvalue weighted by atomic mass is 10.9. The van der Waals surface area contributed by atoms with Crippen molar-refractivity contribution in [1.29, 1.82) is 0 Å². The largest absolute Gasteiger partial charge is 0.0713 e. The third kappa shape index (κ3) is 12.2. The molecule has 0 aliphatic carbocycles. The van der Waals surface area contributed by atoms with Crippen LogP contribution in [0.5, 0.6) is 0 Å². The topological polar surface area (TPSA) is 0 Å². The molecule has 21 heavy (non-hydrogen) atoms. The van der Waals surface area contributed by atoms with Crippen molar-refractivity contribution in [2.45, 2.75) is 101 Å². The maximum absolute atomic E-state index is 2.53. The average Bonchev–Trinajstić information content (AvgIpc) is 2.36. The van der Waals surface area contributed by atoms with Crippen LogP contribution in [0.4, 0.5) is 0 Å². The number of rotatable bonds is 12. The van der Waals surface area contributed by atoms with E-state index in [-0.39, 0.29) is 35.2 Å². The van der Waals surface area contributed by atoms with Gasteiger partial charge in [0.05, 0.1) is 8.07 Å². The highest BCUT2D eigenvalue weighted by atomic mass is 28.3. The Balaban J connectivity index is 4.85. The molecule has 0 nitrogen and oxygen atoms in total. The zero-order valence-corrected chi connectivity index (χ0v) is 21.2. The van der Waals surface area contributed by atoms with Gasteiger partial charge in [0.1, 0.15) is 0 Å². The summed E-state index contributed by atoms with van der Waals surface area (Å²) in [5.74, 6) is 0. The molecule has 0 unspecified atom stereocenters. The summed E-state index contributed by atoms with van der Waals surface area (Å²) in [5, 5.41) is 0.